The fourth-order valence-corrected chi connectivity index (χ4v) is 2.39. The van der Waals surface area contributed by atoms with Gasteiger partial charge in [0.1, 0.15) is 6.20 Å². The van der Waals surface area contributed by atoms with Crippen LogP contribution >= 0.6 is 0 Å². The first kappa shape index (κ1) is 16.6. The largest absolute Gasteiger partial charge is 0.371 e. The Morgan fingerprint density at radius 1 is 0.840 bits per heavy atom. The van der Waals surface area contributed by atoms with Gasteiger partial charge >= 0.3 is 5.82 Å². The first-order chi connectivity index (χ1) is 11.9. The predicted octanol–water partition coefficient (Wildman–Crippen LogP) is 4.88. The van der Waals surface area contributed by atoms with E-state index in [1.165, 1.54) is 18.2 Å². The summed E-state index contributed by atoms with van der Waals surface area (Å²) in [6.45, 7) is 0. The van der Waals surface area contributed by atoms with E-state index in [0.29, 0.717) is 0 Å². The van der Waals surface area contributed by atoms with Gasteiger partial charge in [0.15, 0.2) is 23.3 Å². The molecule has 0 radical (unpaired) electrons. The molecule has 0 saturated heterocycles. The van der Waals surface area contributed by atoms with E-state index in [0.717, 1.165) is 30.5 Å². The second kappa shape index (κ2) is 6.31. The molecule has 2 aromatic carbocycles. The average Bonchev–Trinajstić information content (AvgIpc) is 2.59. The van der Waals surface area contributed by atoms with E-state index in [2.05, 4.69) is 4.98 Å². The molecule has 0 aliphatic heterocycles. The lowest BCUT2D eigenvalue weighted by molar-refractivity contribution is -0.388. The normalized spacial score (nSPS) is 10.7. The molecule has 4 nitrogen and oxygen atoms in total. The highest BCUT2D eigenvalue weighted by molar-refractivity contribution is 5.78. The third-order valence-corrected chi connectivity index (χ3v) is 3.54. The second-order valence-corrected chi connectivity index (χ2v) is 5.06. The summed E-state index contributed by atoms with van der Waals surface area (Å²) >= 11 is 0. The van der Waals surface area contributed by atoms with Crippen LogP contribution in [0.3, 0.4) is 0 Å². The summed E-state index contributed by atoms with van der Waals surface area (Å²) in [5.41, 5.74) is -0.970. The highest BCUT2D eigenvalue weighted by Gasteiger charge is 2.23. The van der Waals surface area contributed by atoms with E-state index in [-0.39, 0.29) is 16.7 Å². The minimum Gasteiger partial charge on any atom is -0.358 e. The molecule has 3 rings (SSSR count). The molecule has 1 aromatic heterocycles. The maximum Gasteiger partial charge on any atom is 0.371 e. The van der Waals surface area contributed by atoms with Gasteiger partial charge in [-0.05, 0) is 28.1 Å². The Labute approximate surface area is 138 Å². The number of hydrogen-bond acceptors (Lipinski definition) is 3. The molecule has 0 aliphatic carbocycles. The van der Waals surface area contributed by atoms with Crippen LogP contribution in [0.2, 0.25) is 0 Å². The Bertz CT molecular complexity index is 992. The zero-order valence-corrected chi connectivity index (χ0v) is 12.3. The number of nitrogens with zero attached hydrogens (tertiary/aromatic N) is 2. The third-order valence-electron chi connectivity index (χ3n) is 3.54. The summed E-state index contributed by atoms with van der Waals surface area (Å²) in [4.78, 5) is 13.9. The zero-order chi connectivity index (χ0) is 18.1. The summed E-state index contributed by atoms with van der Waals surface area (Å²) in [5, 5.41) is 11.2. The molecule has 25 heavy (non-hydrogen) atoms. The molecule has 126 valence electrons. The number of pyridine rings is 1. The fourth-order valence-electron chi connectivity index (χ4n) is 2.39. The maximum absolute atomic E-state index is 14.0. The summed E-state index contributed by atoms with van der Waals surface area (Å²) in [7, 11) is 0. The van der Waals surface area contributed by atoms with Crippen molar-refractivity contribution in [2.45, 2.75) is 0 Å². The highest BCUT2D eigenvalue weighted by Crippen LogP contribution is 2.35. The van der Waals surface area contributed by atoms with Crippen molar-refractivity contribution in [2.75, 3.05) is 0 Å². The van der Waals surface area contributed by atoms with Crippen molar-refractivity contribution >= 4 is 5.82 Å². The van der Waals surface area contributed by atoms with Gasteiger partial charge in [0.25, 0.3) is 0 Å². The van der Waals surface area contributed by atoms with Crippen LogP contribution in [0.1, 0.15) is 0 Å². The zero-order valence-electron chi connectivity index (χ0n) is 12.3. The van der Waals surface area contributed by atoms with Gasteiger partial charge in [0, 0.05) is 16.7 Å². The number of hydrogen-bond donors (Lipinski definition) is 0. The van der Waals surface area contributed by atoms with E-state index in [1.54, 1.807) is 0 Å². The van der Waals surface area contributed by atoms with Crippen molar-refractivity contribution in [1.82, 2.24) is 4.98 Å². The monoisotopic (exact) mass is 348 g/mol. The van der Waals surface area contributed by atoms with Gasteiger partial charge in [-0.1, -0.05) is 24.3 Å². The van der Waals surface area contributed by atoms with Gasteiger partial charge in [-0.2, -0.15) is 0 Å². The summed E-state index contributed by atoms with van der Waals surface area (Å²) in [6.07, 6.45) is 0.969. The lowest BCUT2D eigenvalue weighted by Gasteiger charge is -2.08. The van der Waals surface area contributed by atoms with Crippen LogP contribution in [0.4, 0.5) is 23.4 Å². The molecule has 0 fully saturated rings. The molecule has 0 aliphatic rings. The first-order valence-corrected chi connectivity index (χ1v) is 6.93. The molecular formula is C17H8F4N2O2. The van der Waals surface area contributed by atoms with Crippen LogP contribution in [0.25, 0.3) is 22.3 Å². The minimum absolute atomic E-state index is 0.0127. The standard InChI is InChI=1S/C17H8F4N2O2/c18-13-5-1-3-10(15(13)20)9-7-12(17(22-8-9)23(24)25)11-4-2-6-14(19)16(11)21/h1-8H. The van der Waals surface area contributed by atoms with Gasteiger partial charge in [-0.15, -0.1) is 0 Å². The first-order valence-electron chi connectivity index (χ1n) is 6.93. The summed E-state index contributed by atoms with van der Waals surface area (Å²) in [5.74, 6) is -5.53. The Balaban J connectivity index is 2.28. The third kappa shape index (κ3) is 2.93. The van der Waals surface area contributed by atoms with Crippen LogP contribution in [-0.2, 0) is 0 Å². The number of halogens is 4. The summed E-state index contributed by atoms with van der Waals surface area (Å²) < 4.78 is 54.9. The Morgan fingerprint density at radius 2 is 1.40 bits per heavy atom. The van der Waals surface area contributed by atoms with Crippen LogP contribution in [0.15, 0.2) is 48.7 Å². The number of aromatic nitrogens is 1. The van der Waals surface area contributed by atoms with Crippen molar-refractivity contribution in [3.05, 3.63) is 82.0 Å². The second-order valence-electron chi connectivity index (χ2n) is 5.06. The fraction of sp³-hybridized carbons (Fsp3) is 0. The Kier molecular flexibility index (Phi) is 4.18. The van der Waals surface area contributed by atoms with Crippen LogP contribution < -0.4 is 0 Å². The molecule has 0 spiro atoms. The van der Waals surface area contributed by atoms with Crippen LogP contribution in [0.5, 0.6) is 0 Å². The smallest absolute Gasteiger partial charge is 0.358 e. The van der Waals surface area contributed by atoms with E-state index in [4.69, 9.17) is 0 Å². The topological polar surface area (TPSA) is 56.0 Å². The van der Waals surface area contributed by atoms with Crippen molar-refractivity contribution in [3.8, 4) is 22.3 Å². The molecule has 1 heterocycles. The van der Waals surface area contributed by atoms with Gasteiger partial charge in [0.2, 0.25) is 0 Å². The Hall–Kier alpha value is -3.29. The molecule has 0 N–H and O–H groups in total. The van der Waals surface area contributed by atoms with E-state index in [1.807, 2.05) is 0 Å². The minimum atomic E-state index is -1.30. The summed E-state index contributed by atoms with van der Waals surface area (Å²) in [6, 6.07) is 7.63. The van der Waals surface area contributed by atoms with Gasteiger partial charge in [-0.3, -0.25) is 0 Å². The van der Waals surface area contributed by atoms with Crippen molar-refractivity contribution in [1.29, 1.82) is 0 Å². The SMILES string of the molecule is O=[N+]([O-])c1ncc(-c2cccc(F)c2F)cc1-c1cccc(F)c1F. The van der Waals surface area contributed by atoms with Crippen LogP contribution in [-0.4, -0.2) is 9.91 Å². The lowest BCUT2D eigenvalue weighted by Crippen LogP contribution is -1.99. The number of nitro groups is 1. The number of rotatable bonds is 3. The van der Waals surface area contributed by atoms with Gasteiger partial charge in [-0.25, -0.2) is 17.6 Å². The number of benzene rings is 2. The predicted molar refractivity (Wildman–Crippen MR) is 81.6 cm³/mol. The van der Waals surface area contributed by atoms with Crippen molar-refractivity contribution < 1.29 is 22.5 Å². The van der Waals surface area contributed by atoms with E-state index >= 15 is 0 Å². The average molecular weight is 348 g/mol. The van der Waals surface area contributed by atoms with E-state index < -0.39 is 39.6 Å². The molecule has 0 bridgehead atoms. The van der Waals surface area contributed by atoms with Crippen molar-refractivity contribution in [2.24, 2.45) is 0 Å². The molecular weight excluding hydrogens is 340 g/mol. The molecule has 3 aromatic rings. The molecule has 0 atom stereocenters. The Morgan fingerprint density at radius 3 is 2.00 bits per heavy atom. The lowest BCUT2D eigenvalue weighted by atomic mass is 10.00. The quantitative estimate of drug-likeness (QED) is 0.385. The van der Waals surface area contributed by atoms with Crippen LogP contribution in [0, 0.1) is 33.4 Å². The van der Waals surface area contributed by atoms with Gasteiger partial charge in [0.05, 0.1) is 5.56 Å². The van der Waals surface area contributed by atoms with Gasteiger partial charge < -0.3 is 10.1 Å². The molecule has 0 amide bonds. The highest BCUT2D eigenvalue weighted by atomic mass is 19.2. The molecule has 0 saturated carbocycles. The van der Waals surface area contributed by atoms with Crippen molar-refractivity contribution in [3.63, 3.8) is 0 Å². The van der Waals surface area contributed by atoms with E-state index in [9.17, 15) is 27.7 Å². The molecule has 0 unspecified atom stereocenters. The molecule has 8 heteroatoms. The maximum atomic E-state index is 14.0.